The van der Waals surface area contributed by atoms with E-state index in [2.05, 4.69) is 29.0 Å². The molecule has 5 heteroatoms. The van der Waals surface area contributed by atoms with Gasteiger partial charge in [-0.2, -0.15) is 0 Å². The smallest absolute Gasteiger partial charge is 0.254 e. The molecule has 2 aromatic rings. The minimum atomic E-state index is -0.443. The van der Waals surface area contributed by atoms with Crippen molar-refractivity contribution in [2.45, 2.75) is 76.4 Å². The van der Waals surface area contributed by atoms with Crippen LogP contribution in [0, 0.1) is 0 Å². The molecule has 2 aliphatic rings. The quantitative estimate of drug-likeness (QED) is 0.800. The Morgan fingerprint density at radius 2 is 1.87 bits per heavy atom. The maximum Gasteiger partial charge on any atom is 0.254 e. The fourth-order valence-corrected chi connectivity index (χ4v) is 5.40. The van der Waals surface area contributed by atoms with Gasteiger partial charge in [0.05, 0.1) is 11.5 Å². The van der Waals surface area contributed by atoms with E-state index in [0.717, 1.165) is 49.7 Å². The van der Waals surface area contributed by atoms with Crippen molar-refractivity contribution in [2.24, 2.45) is 0 Å². The van der Waals surface area contributed by atoms with E-state index < -0.39 is 5.54 Å². The molecule has 1 spiro atoms. The molecule has 4 rings (SSSR count). The minimum Gasteiger partial charge on any atom is -0.351 e. The molecule has 1 fully saturated rings. The average Bonchev–Trinajstić information content (AvgIpc) is 2.79. The Balaban J connectivity index is 1.76. The molecule has 1 saturated carbocycles. The number of fused-ring (bicyclic) bond motifs is 1. The second-order valence-corrected chi connectivity index (χ2v) is 8.69. The molecule has 0 unspecified atom stereocenters. The highest BCUT2D eigenvalue weighted by Crippen LogP contribution is 2.50. The summed E-state index contributed by atoms with van der Waals surface area (Å²) in [6, 6.07) is 11.6. The second kappa shape index (κ2) is 8.58. The van der Waals surface area contributed by atoms with E-state index in [0.29, 0.717) is 12.1 Å². The third-order valence-corrected chi connectivity index (χ3v) is 6.97. The summed E-state index contributed by atoms with van der Waals surface area (Å²) in [5.41, 5.74) is 2.14. The number of hydrogen-bond acceptors (Lipinski definition) is 3. The lowest BCUT2D eigenvalue weighted by molar-refractivity contribution is -0.128. The zero-order valence-corrected chi connectivity index (χ0v) is 17.9. The van der Waals surface area contributed by atoms with E-state index in [1.54, 1.807) is 12.4 Å². The molecule has 0 bridgehead atoms. The zero-order chi connectivity index (χ0) is 21.1. The van der Waals surface area contributed by atoms with Crippen molar-refractivity contribution in [1.82, 2.24) is 15.2 Å². The molecule has 5 nitrogen and oxygen atoms in total. The number of nitrogens with one attached hydrogen (secondary N) is 1. The molecule has 158 valence electrons. The van der Waals surface area contributed by atoms with Crippen LogP contribution in [0.15, 0.2) is 48.8 Å². The average molecular weight is 406 g/mol. The lowest BCUT2D eigenvalue weighted by Crippen LogP contribution is -2.64. The van der Waals surface area contributed by atoms with Crippen LogP contribution < -0.4 is 5.32 Å². The molecule has 1 aromatic heterocycles. The Hall–Kier alpha value is -2.69. The van der Waals surface area contributed by atoms with Crippen LogP contribution in [-0.2, 0) is 11.3 Å². The van der Waals surface area contributed by atoms with E-state index in [1.807, 2.05) is 36.4 Å². The summed E-state index contributed by atoms with van der Waals surface area (Å²) < 4.78 is 0. The van der Waals surface area contributed by atoms with E-state index in [1.165, 1.54) is 0 Å². The van der Waals surface area contributed by atoms with E-state index in [-0.39, 0.29) is 23.8 Å². The molecule has 2 atom stereocenters. The highest BCUT2D eigenvalue weighted by molar-refractivity contribution is 6.02. The Labute approximate surface area is 178 Å². The summed E-state index contributed by atoms with van der Waals surface area (Å²) in [4.78, 5) is 33.5. The minimum absolute atomic E-state index is 0.0157. The number of carbonyl (C=O) groups is 2. The maximum absolute atomic E-state index is 13.7. The first-order valence-corrected chi connectivity index (χ1v) is 11.2. The fourth-order valence-electron chi connectivity index (χ4n) is 5.40. The van der Waals surface area contributed by atoms with Gasteiger partial charge < -0.3 is 10.2 Å². The first-order chi connectivity index (χ1) is 14.6. The zero-order valence-electron chi connectivity index (χ0n) is 17.9. The van der Waals surface area contributed by atoms with Crippen molar-refractivity contribution in [3.63, 3.8) is 0 Å². The van der Waals surface area contributed by atoms with Gasteiger partial charge in [0.1, 0.15) is 0 Å². The van der Waals surface area contributed by atoms with Gasteiger partial charge in [-0.25, -0.2) is 0 Å². The van der Waals surface area contributed by atoms with Crippen LogP contribution in [0.5, 0.6) is 0 Å². The fraction of sp³-hybridized carbons (Fsp3) is 0.480. The van der Waals surface area contributed by atoms with Gasteiger partial charge in [0.2, 0.25) is 5.91 Å². The highest BCUT2D eigenvalue weighted by Gasteiger charge is 2.55. The number of nitrogens with zero attached hydrogens (tertiary/aromatic N) is 2. The van der Waals surface area contributed by atoms with Crippen molar-refractivity contribution in [3.8, 4) is 0 Å². The summed E-state index contributed by atoms with van der Waals surface area (Å²) in [5.74, 6) is -0.246. The number of hydrogen-bond donors (Lipinski definition) is 1. The lowest BCUT2D eigenvalue weighted by Gasteiger charge is -2.55. The van der Waals surface area contributed by atoms with Crippen LogP contribution in [-0.4, -0.2) is 33.3 Å². The third kappa shape index (κ3) is 3.51. The van der Waals surface area contributed by atoms with Gasteiger partial charge in [0, 0.05) is 30.5 Å². The summed E-state index contributed by atoms with van der Waals surface area (Å²) >= 11 is 0. The van der Waals surface area contributed by atoms with Crippen molar-refractivity contribution >= 4 is 11.8 Å². The molecule has 0 radical (unpaired) electrons. The topological polar surface area (TPSA) is 62.3 Å². The van der Waals surface area contributed by atoms with Crippen LogP contribution in [0.3, 0.4) is 0 Å². The van der Waals surface area contributed by atoms with Crippen LogP contribution in [0.2, 0.25) is 0 Å². The van der Waals surface area contributed by atoms with E-state index in [9.17, 15) is 9.59 Å². The van der Waals surface area contributed by atoms with Crippen LogP contribution in [0.1, 0.15) is 79.8 Å². The summed E-state index contributed by atoms with van der Waals surface area (Å²) in [7, 11) is 0. The maximum atomic E-state index is 13.7. The molecule has 1 aliphatic heterocycles. The molecular formula is C25H31N3O2. The third-order valence-electron chi connectivity index (χ3n) is 6.97. The second-order valence-electron chi connectivity index (χ2n) is 8.69. The van der Waals surface area contributed by atoms with Crippen LogP contribution in [0.4, 0.5) is 0 Å². The van der Waals surface area contributed by atoms with Gasteiger partial charge in [-0.15, -0.1) is 0 Å². The predicted octanol–water partition coefficient (Wildman–Crippen LogP) is 4.44. The molecular weight excluding hydrogens is 374 g/mol. The highest BCUT2D eigenvalue weighted by atomic mass is 16.2. The molecule has 1 aromatic carbocycles. The largest absolute Gasteiger partial charge is 0.351 e. The first kappa shape index (κ1) is 20.6. The Kier molecular flexibility index (Phi) is 5.89. The Bertz CT molecular complexity index is 906. The monoisotopic (exact) mass is 405 g/mol. The van der Waals surface area contributed by atoms with Crippen LogP contribution in [0.25, 0.3) is 0 Å². The van der Waals surface area contributed by atoms with Crippen molar-refractivity contribution in [3.05, 3.63) is 65.5 Å². The Morgan fingerprint density at radius 1 is 1.17 bits per heavy atom. The molecule has 2 heterocycles. The molecule has 0 saturated heterocycles. The standard InChI is InChI=1S/C25H31N3O2/c1-3-18(2)28-24(30)21-10-6-5-9-20(21)22(25(28)13-7-4-8-14-25)23(29)27-17-19-11-15-26-16-12-19/h5-6,9-12,15-16,18,22H,3-4,7-8,13-14,17H2,1-2H3,(H,27,29)/t18-,22-/m0/s1. The van der Waals surface area contributed by atoms with E-state index >= 15 is 0 Å². The van der Waals surface area contributed by atoms with Gasteiger partial charge >= 0.3 is 0 Å². The van der Waals surface area contributed by atoms with Gasteiger partial charge in [-0.05, 0) is 55.5 Å². The number of carbonyl (C=O) groups excluding carboxylic acids is 2. The summed E-state index contributed by atoms with van der Waals surface area (Å²) in [5, 5.41) is 3.17. The summed E-state index contributed by atoms with van der Waals surface area (Å²) in [6.45, 7) is 4.70. The number of amides is 2. The molecule has 30 heavy (non-hydrogen) atoms. The van der Waals surface area contributed by atoms with Crippen molar-refractivity contribution in [2.75, 3.05) is 0 Å². The number of benzene rings is 1. The summed E-state index contributed by atoms with van der Waals surface area (Å²) in [6.07, 6.45) is 9.38. The first-order valence-electron chi connectivity index (χ1n) is 11.2. The SMILES string of the molecule is CC[C@H](C)N1C(=O)c2ccccc2[C@@H](C(=O)NCc2ccncc2)C12CCCCC2. The predicted molar refractivity (Wildman–Crippen MR) is 117 cm³/mol. The van der Waals surface area contributed by atoms with Gasteiger partial charge in [0.25, 0.3) is 5.91 Å². The number of rotatable bonds is 5. The van der Waals surface area contributed by atoms with E-state index in [4.69, 9.17) is 0 Å². The molecule has 1 aliphatic carbocycles. The number of pyridine rings is 1. The van der Waals surface area contributed by atoms with Gasteiger partial charge in [-0.1, -0.05) is 44.4 Å². The normalized spacial score (nSPS) is 21.2. The molecule has 1 N–H and O–H groups in total. The van der Waals surface area contributed by atoms with Crippen LogP contribution >= 0.6 is 0 Å². The van der Waals surface area contributed by atoms with Crippen molar-refractivity contribution in [1.29, 1.82) is 0 Å². The van der Waals surface area contributed by atoms with Gasteiger partial charge in [0.15, 0.2) is 0 Å². The Morgan fingerprint density at radius 3 is 2.57 bits per heavy atom. The van der Waals surface area contributed by atoms with Gasteiger partial charge in [-0.3, -0.25) is 14.6 Å². The number of aromatic nitrogens is 1. The molecule has 2 amide bonds. The van der Waals surface area contributed by atoms with Crippen molar-refractivity contribution < 1.29 is 9.59 Å². The lowest BCUT2D eigenvalue weighted by atomic mass is 9.64.